The summed E-state index contributed by atoms with van der Waals surface area (Å²) < 4.78 is 5.90. The molecule has 0 saturated carbocycles. The van der Waals surface area contributed by atoms with E-state index in [0.717, 1.165) is 12.3 Å². The highest BCUT2D eigenvalue weighted by atomic mass is 16.5. The summed E-state index contributed by atoms with van der Waals surface area (Å²) in [7, 11) is 2.16. The molecule has 0 bridgehead atoms. The lowest BCUT2D eigenvalue weighted by molar-refractivity contribution is 0.222. The highest BCUT2D eigenvalue weighted by Gasteiger charge is 2.14. The SMILES string of the molecule is CC(C)Oc1ccccc1CN(C)C(C)c1ccccc1. The van der Waals surface area contributed by atoms with Gasteiger partial charge in [0, 0.05) is 18.2 Å². The highest BCUT2D eigenvalue weighted by Crippen LogP contribution is 2.25. The lowest BCUT2D eigenvalue weighted by atomic mass is 10.1. The Morgan fingerprint density at radius 2 is 1.52 bits per heavy atom. The molecule has 2 rings (SSSR count). The second-order valence-electron chi connectivity index (χ2n) is 5.78. The van der Waals surface area contributed by atoms with E-state index in [2.05, 4.69) is 81.2 Å². The summed E-state index contributed by atoms with van der Waals surface area (Å²) >= 11 is 0. The van der Waals surface area contributed by atoms with Crippen molar-refractivity contribution in [3.63, 3.8) is 0 Å². The molecule has 2 nitrogen and oxygen atoms in total. The molecule has 2 heteroatoms. The first-order chi connectivity index (χ1) is 10.1. The largest absolute Gasteiger partial charge is 0.491 e. The molecule has 0 aliphatic rings. The van der Waals surface area contributed by atoms with E-state index in [1.165, 1.54) is 11.1 Å². The van der Waals surface area contributed by atoms with Crippen molar-refractivity contribution in [1.29, 1.82) is 0 Å². The van der Waals surface area contributed by atoms with E-state index in [-0.39, 0.29) is 6.10 Å². The average Bonchev–Trinajstić information content (AvgIpc) is 2.49. The van der Waals surface area contributed by atoms with Crippen molar-refractivity contribution >= 4 is 0 Å². The quantitative estimate of drug-likeness (QED) is 0.764. The van der Waals surface area contributed by atoms with Crippen LogP contribution >= 0.6 is 0 Å². The third kappa shape index (κ3) is 4.33. The van der Waals surface area contributed by atoms with Crippen LogP contribution in [0.4, 0.5) is 0 Å². The first-order valence-corrected chi connectivity index (χ1v) is 7.57. The Labute approximate surface area is 128 Å². The summed E-state index contributed by atoms with van der Waals surface area (Å²) in [5.74, 6) is 0.986. The fourth-order valence-corrected chi connectivity index (χ4v) is 2.40. The predicted octanol–water partition coefficient (Wildman–Crippen LogP) is 4.67. The summed E-state index contributed by atoms with van der Waals surface area (Å²) in [4.78, 5) is 2.35. The van der Waals surface area contributed by atoms with Crippen molar-refractivity contribution in [2.75, 3.05) is 7.05 Å². The molecule has 0 fully saturated rings. The topological polar surface area (TPSA) is 12.5 Å². The lowest BCUT2D eigenvalue weighted by Gasteiger charge is -2.26. The van der Waals surface area contributed by atoms with Crippen LogP contribution in [0.1, 0.15) is 37.9 Å². The summed E-state index contributed by atoms with van der Waals surface area (Å²) in [6, 6.07) is 19.3. The number of nitrogens with zero attached hydrogens (tertiary/aromatic N) is 1. The van der Waals surface area contributed by atoms with Crippen molar-refractivity contribution in [2.45, 2.75) is 39.5 Å². The number of rotatable bonds is 6. The van der Waals surface area contributed by atoms with Crippen LogP contribution in [0.2, 0.25) is 0 Å². The fourth-order valence-electron chi connectivity index (χ4n) is 2.40. The van der Waals surface area contributed by atoms with Crippen molar-refractivity contribution in [1.82, 2.24) is 4.90 Å². The maximum absolute atomic E-state index is 5.90. The van der Waals surface area contributed by atoms with E-state index < -0.39 is 0 Å². The van der Waals surface area contributed by atoms with Gasteiger partial charge in [0.05, 0.1) is 6.10 Å². The zero-order chi connectivity index (χ0) is 15.2. The first-order valence-electron chi connectivity index (χ1n) is 7.57. The van der Waals surface area contributed by atoms with Crippen LogP contribution in [0.25, 0.3) is 0 Å². The van der Waals surface area contributed by atoms with Gasteiger partial charge in [-0.1, -0.05) is 48.5 Å². The second-order valence-corrected chi connectivity index (χ2v) is 5.78. The summed E-state index contributed by atoms with van der Waals surface area (Å²) in [5, 5.41) is 0. The third-order valence-electron chi connectivity index (χ3n) is 3.70. The van der Waals surface area contributed by atoms with Gasteiger partial charge in [-0.3, -0.25) is 4.90 Å². The Morgan fingerprint density at radius 1 is 0.905 bits per heavy atom. The molecule has 0 aromatic heterocycles. The minimum atomic E-state index is 0.197. The molecule has 0 aliphatic heterocycles. The first kappa shape index (κ1) is 15.6. The van der Waals surface area contributed by atoms with Crippen LogP contribution in [0.5, 0.6) is 5.75 Å². The summed E-state index contributed by atoms with van der Waals surface area (Å²) in [6.45, 7) is 7.24. The van der Waals surface area contributed by atoms with E-state index in [9.17, 15) is 0 Å². The monoisotopic (exact) mass is 283 g/mol. The maximum Gasteiger partial charge on any atom is 0.124 e. The van der Waals surface area contributed by atoms with Crippen LogP contribution in [-0.2, 0) is 6.54 Å². The smallest absolute Gasteiger partial charge is 0.124 e. The van der Waals surface area contributed by atoms with Crippen molar-refractivity contribution in [3.8, 4) is 5.75 Å². The van der Waals surface area contributed by atoms with E-state index in [4.69, 9.17) is 4.74 Å². The Kier molecular flexibility index (Phi) is 5.40. The van der Waals surface area contributed by atoms with E-state index in [1.807, 2.05) is 6.07 Å². The molecule has 2 aromatic carbocycles. The highest BCUT2D eigenvalue weighted by molar-refractivity contribution is 5.33. The number of para-hydroxylation sites is 1. The number of hydrogen-bond donors (Lipinski definition) is 0. The average molecular weight is 283 g/mol. The van der Waals surface area contributed by atoms with Crippen LogP contribution in [0.3, 0.4) is 0 Å². The third-order valence-corrected chi connectivity index (χ3v) is 3.70. The molecule has 0 heterocycles. The predicted molar refractivity (Wildman–Crippen MR) is 88.5 cm³/mol. The normalized spacial score (nSPS) is 12.7. The molecule has 0 radical (unpaired) electrons. The van der Waals surface area contributed by atoms with Gasteiger partial charge in [0.25, 0.3) is 0 Å². The van der Waals surface area contributed by atoms with Gasteiger partial charge >= 0.3 is 0 Å². The molecule has 2 aromatic rings. The van der Waals surface area contributed by atoms with Gasteiger partial charge < -0.3 is 4.74 Å². The minimum absolute atomic E-state index is 0.197. The summed E-state index contributed by atoms with van der Waals surface area (Å²) in [6.07, 6.45) is 0.197. The van der Waals surface area contributed by atoms with Gasteiger partial charge in [-0.25, -0.2) is 0 Å². The van der Waals surface area contributed by atoms with Gasteiger partial charge in [0.1, 0.15) is 5.75 Å². The number of ether oxygens (including phenoxy) is 1. The Bertz CT molecular complexity index is 551. The second kappa shape index (κ2) is 7.28. The molecule has 1 unspecified atom stereocenters. The zero-order valence-electron chi connectivity index (χ0n) is 13.4. The molecule has 0 amide bonds. The van der Waals surface area contributed by atoms with Gasteiger partial charge in [0.2, 0.25) is 0 Å². The molecular formula is C19H25NO. The zero-order valence-corrected chi connectivity index (χ0v) is 13.4. The van der Waals surface area contributed by atoms with Crippen LogP contribution in [-0.4, -0.2) is 18.1 Å². The fraction of sp³-hybridized carbons (Fsp3) is 0.368. The molecule has 21 heavy (non-hydrogen) atoms. The number of hydrogen-bond acceptors (Lipinski definition) is 2. The lowest BCUT2D eigenvalue weighted by Crippen LogP contribution is -2.22. The van der Waals surface area contributed by atoms with E-state index in [0.29, 0.717) is 6.04 Å². The maximum atomic E-state index is 5.90. The summed E-state index contributed by atoms with van der Waals surface area (Å²) in [5.41, 5.74) is 2.57. The van der Waals surface area contributed by atoms with Crippen LogP contribution in [0, 0.1) is 0 Å². The van der Waals surface area contributed by atoms with Crippen molar-refractivity contribution in [3.05, 3.63) is 65.7 Å². The van der Waals surface area contributed by atoms with E-state index in [1.54, 1.807) is 0 Å². The van der Waals surface area contributed by atoms with Gasteiger partial charge in [-0.05, 0) is 39.4 Å². The van der Waals surface area contributed by atoms with Crippen molar-refractivity contribution in [2.24, 2.45) is 0 Å². The van der Waals surface area contributed by atoms with Gasteiger partial charge in [-0.15, -0.1) is 0 Å². The van der Waals surface area contributed by atoms with Crippen LogP contribution < -0.4 is 4.74 Å². The van der Waals surface area contributed by atoms with Crippen LogP contribution in [0.15, 0.2) is 54.6 Å². The Balaban J connectivity index is 2.11. The Morgan fingerprint density at radius 3 is 2.19 bits per heavy atom. The number of benzene rings is 2. The van der Waals surface area contributed by atoms with Gasteiger partial charge in [0.15, 0.2) is 0 Å². The van der Waals surface area contributed by atoms with E-state index >= 15 is 0 Å². The van der Waals surface area contributed by atoms with Gasteiger partial charge in [-0.2, -0.15) is 0 Å². The minimum Gasteiger partial charge on any atom is -0.491 e. The molecule has 112 valence electrons. The molecule has 0 spiro atoms. The molecule has 0 saturated heterocycles. The molecule has 0 aliphatic carbocycles. The molecule has 0 N–H and O–H groups in total. The molecule has 1 atom stereocenters. The standard InChI is InChI=1S/C19H25NO/c1-15(2)21-19-13-9-8-12-18(19)14-20(4)16(3)17-10-6-5-7-11-17/h5-13,15-16H,14H2,1-4H3. The Hall–Kier alpha value is -1.80. The van der Waals surface area contributed by atoms with Crippen molar-refractivity contribution < 1.29 is 4.74 Å². The molecular weight excluding hydrogens is 258 g/mol.